The Balaban J connectivity index is 2.48. The van der Waals surface area contributed by atoms with Crippen LogP contribution in [0.4, 0.5) is 0 Å². The molecular formula is C11H23NO. The van der Waals surface area contributed by atoms with Crippen LogP contribution in [-0.4, -0.2) is 19.3 Å². The van der Waals surface area contributed by atoms with Gasteiger partial charge in [-0.25, -0.2) is 0 Å². The van der Waals surface area contributed by atoms with E-state index < -0.39 is 0 Å². The first kappa shape index (κ1) is 11.0. The van der Waals surface area contributed by atoms with Crippen LogP contribution in [0.25, 0.3) is 0 Å². The molecular weight excluding hydrogens is 162 g/mol. The molecule has 0 unspecified atom stereocenters. The molecule has 0 aliphatic heterocycles. The molecule has 0 aromatic heterocycles. The minimum atomic E-state index is 0.0234. The fourth-order valence-corrected chi connectivity index (χ4v) is 2.47. The normalized spacial score (nSPS) is 21.2. The molecule has 2 heteroatoms. The van der Waals surface area contributed by atoms with Gasteiger partial charge in [0.05, 0.1) is 5.60 Å². The minimum absolute atomic E-state index is 0.0234. The van der Waals surface area contributed by atoms with Crippen molar-refractivity contribution in [1.29, 1.82) is 0 Å². The lowest BCUT2D eigenvalue weighted by molar-refractivity contribution is -0.0467. The summed E-state index contributed by atoms with van der Waals surface area (Å²) in [7, 11) is 1.80. The zero-order valence-electron chi connectivity index (χ0n) is 9.23. The maximum atomic E-state index is 5.64. The quantitative estimate of drug-likeness (QED) is 0.713. The summed E-state index contributed by atoms with van der Waals surface area (Å²) in [6, 6.07) is 0. The number of ether oxygens (including phenoxy) is 1. The molecule has 0 amide bonds. The summed E-state index contributed by atoms with van der Waals surface area (Å²) in [5.74, 6) is 0. The molecule has 0 spiro atoms. The van der Waals surface area contributed by atoms with Crippen molar-refractivity contribution in [1.82, 2.24) is 0 Å². The van der Waals surface area contributed by atoms with Gasteiger partial charge in [0.2, 0.25) is 0 Å². The van der Waals surface area contributed by atoms with E-state index in [1.807, 2.05) is 0 Å². The highest BCUT2D eigenvalue weighted by molar-refractivity contribution is 4.92. The summed E-state index contributed by atoms with van der Waals surface area (Å²) < 4.78 is 5.47. The van der Waals surface area contributed by atoms with E-state index in [0.29, 0.717) is 5.41 Å². The Labute approximate surface area is 81.8 Å². The zero-order valence-corrected chi connectivity index (χ0v) is 9.23. The Morgan fingerprint density at radius 1 is 1.38 bits per heavy atom. The van der Waals surface area contributed by atoms with Gasteiger partial charge in [0.15, 0.2) is 0 Å². The van der Waals surface area contributed by atoms with Gasteiger partial charge >= 0.3 is 0 Å². The van der Waals surface area contributed by atoms with Crippen molar-refractivity contribution in [3.63, 3.8) is 0 Å². The Morgan fingerprint density at radius 2 is 2.00 bits per heavy atom. The molecule has 0 atom stereocenters. The maximum Gasteiger partial charge on any atom is 0.0628 e. The third-order valence-electron chi connectivity index (χ3n) is 3.44. The second-order valence-corrected chi connectivity index (χ2v) is 5.03. The summed E-state index contributed by atoms with van der Waals surface area (Å²) in [5.41, 5.74) is 6.18. The van der Waals surface area contributed by atoms with Crippen LogP contribution in [0.2, 0.25) is 0 Å². The highest BCUT2D eigenvalue weighted by Crippen LogP contribution is 2.49. The Morgan fingerprint density at radius 3 is 2.31 bits per heavy atom. The lowest BCUT2D eigenvalue weighted by Crippen LogP contribution is -2.40. The number of methoxy groups -OCH3 is 1. The first-order chi connectivity index (χ1) is 6.04. The molecule has 0 saturated heterocycles. The lowest BCUT2D eigenvalue weighted by atomic mass is 9.62. The van der Waals surface area contributed by atoms with Gasteiger partial charge in [0, 0.05) is 7.11 Å². The van der Waals surface area contributed by atoms with E-state index in [4.69, 9.17) is 10.5 Å². The average Bonchev–Trinajstić information content (AvgIpc) is 2.01. The second kappa shape index (κ2) is 3.97. The summed E-state index contributed by atoms with van der Waals surface area (Å²) in [6.45, 7) is 5.16. The fraction of sp³-hybridized carbons (Fsp3) is 1.00. The molecule has 1 fully saturated rings. The molecule has 1 aliphatic rings. The molecule has 2 nitrogen and oxygen atoms in total. The first-order valence-corrected chi connectivity index (χ1v) is 5.29. The molecule has 0 radical (unpaired) electrons. The highest BCUT2D eigenvalue weighted by Gasteiger charge is 2.40. The van der Waals surface area contributed by atoms with Crippen molar-refractivity contribution in [3.8, 4) is 0 Å². The average molecular weight is 185 g/mol. The summed E-state index contributed by atoms with van der Waals surface area (Å²) >= 11 is 0. The number of hydrogen-bond acceptors (Lipinski definition) is 2. The van der Waals surface area contributed by atoms with Gasteiger partial charge in [-0.05, 0) is 51.5 Å². The third-order valence-corrected chi connectivity index (χ3v) is 3.44. The van der Waals surface area contributed by atoms with Gasteiger partial charge in [0.1, 0.15) is 0 Å². The van der Waals surface area contributed by atoms with E-state index in [2.05, 4.69) is 13.8 Å². The Kier molecular flexibility index (Phi) is 3.36. The summed E-state index contributed by atoms with van der Waals surface area (Å²) in [6.07, 6.45) is 6.39. The molecule has 13 heavy (non-hydrogen) atoms. The van der Waals surface area contributed by atoms with Gasteiger partial charge in [-0.3, -0.25) is 0 Å². The molecule has 0 aromatic rings. The molecule has 1 rings (SSSR count). The number of hydrogen-bond donors (Lipinski definition) is 1. The monoisotopic (exact) mass is 185 g/mol. The van der Waals surface area contributed by atoms with E-state index in [9.17, 15) is 0 Å². The fourth-order valence-electron chi connectivity index (χ4n) is 2.47. The molecule has 0 aromatic carbocycles. The van der Waals surface area contributed by atoms with Crippen molar-refractivity contribution >= 4 is 0 Å². The van der Waals surface area contributed by atoms with E-state index in [1.54, 1.807) is 7.11 Å². The van der Waals surface area contributed by atoms with Crippen molar-refractivity contribution in [3.05, 3.63) is 0 Å². The van der Waals surface area contributed by atoms with E-state index in [-0.39, 0.29) is 5.60 Å². The third kappa shape index (κ3) is 2.68. The molecule has 2 N–H and O–H groups in total. The number of nitrogens with two attached hydrogens (primary N) is 1. The predicted molar refractivity (Wildman–Crippen MR) is 55.7 cm³/mol. The van der Waals surface area contributed by atoms with Crippen molar-refractivity contribution in [2.75, 3.05) is 13.7 Å². The van der Waals surface area contributed by atoms with Gasteiger partial charge in [-0.1, -0.05) is 6.42 Å². The van der Waals surface area contributed by atoms with Gasteiger partial charge in [-0.15, -0.1) is 0 Å². The second-order valence-electron chi connectivity index (χ2n) is 5.03. The topological polar surface area (TPSA) is 35.2 Å². The largest absolute Gasteiger partial charge is 0.379 e. The Hall–Kier alpha value is -0.0800. The van der Waals surface area contributed by atoms with Crippen LogP contribution in [0.1, 0.15) is 46.0 Å². The maximum absolute atomic E-state index is 5.64. The Bertz CT molecular complexity index is 161. The standard InChI is InChI=1S/C11H23NO/c1-10(2,13-3)9-11(7-8-12)5-4-6-11/h4-9,12H2,1-3H3. The van der Waals surface area contributed by atoms with E-state index in [0.717, 1.165) is 13.0 Å². The summed E-state index contributed by atoms with van der Waals surface area (Å²) in [5, 5.41) is 0. The molecule has 78 valence electrons. The van der Waals surface area contributed by atoms with Crippen molar-refractivity contribution < 1.29 is 4.74 Å². The van der Waals surface area contributed by atoms with Crippen molar-refractivity contribution in [2.24, 2.45) is 11.1 Å². The van der Waals surface area contributed by atoms with Crippen LogP contribution in [-0.2, 0) is 4.74 Å². The van der Waals surface area contributed by atoms with Crippen LogP contribution in [0.5, 0.6) is 0 Å². The minimum Gasteiger partial charge on any atom is -0.379 e. The molecule has 1 saturated carbocycles. The molecule has 1 aliphatic carbocycles. The van der Waals surface area contributed by atoms with E-state index in [1.165, 1.54) is 25.7 Å². The predicted octanol–water partition coefficient (Wildman–Crippen LogP) is 2.32. The van der Waals surface area contributed by atoms with Crippen molar-refractivity contribution in [2.45, 2.75) is 51.6 Å². The zero-order chi connectivity index (χ0) is 9.95. The van der Waals surface area contributed by atoms with Crippen LogP contribution in [0.3, 0.4) is 0 Å². The van der Waals surface area contributed by atoms with E-state index >= 15 is 0 Å². The number of rotatable bonds is 5. The van der Waals surface area contributed by atoms with Gasteiger partial charge in [-0.2, -0.15) is 0 Å². The SMILES string of the molecule is COC(C)(C)CC1(CCN)CCC1. The lowest BCUT2D eigenvalue weighted by Gasteiger charge is -2.46. The summed E-state index contributed by atoms with van der Waals surface area (Å²) in [4.78, 5) is 0. The van der Waals surface area contributed by atoms with Gasteiger partial charge < -0.3 is 10.5 Å². The molecule has 0 heterocycles. The van der Waals surface area contributed by atoms with Gasteiger partial charge in [0.25, 0.3) is 0 Å². The highest BCUT2D eigenvalue weighted by atomic mass is 16.5. The van der Waals surface area contributed by atoms with Crippen LogP contribution in [0, 0.1) is 5.41 Å². The first-order valence-electron chi connectivity index (χ1n) is 5.29. The smallest absolute Gasteiger partial charge is 0.0628 e. The van der Waals surface area contributed by atoms with Crippen LogP contribution in [0.15, 0.2) is 0 Å². The molecule has 0 bridgehead atoms. The van der Waals surface area contributed by atoms with Crippen LogP contribution >= 0.6 is 0 Å². The van der Waals surface area contributed by atoms with Crippen LogP contribution < -0.4 is 5.73 Å².